The van der Waals surface area contributed by atoms with Crippen LogP contribution in [0.3, 0.4) is 0 Å². The number of nitrogens with one attached hydrogen (secondary N) is 1. The van der Waals surface area contributed by atoms with E-state index in [1.54, 1.807) is 13.1 Å². The second-order valence-corrected chi connectivity index (χ2v) is 4.74. The Labute approximate surface area is 114 Å². The molecule has 0 aromatic carbocycles. The van der Waals surface area contributed by atoms with Gasteiger partial charge in [-0.1, -0.05) is 12.8 Å². The number of rotatable bonds is 3. The van der Waals surface area contributed by atoms with Crippen molar-refractivity contribution in [1.82, 2.24) is 15.1 Å². The first-order valence-electron chi connectivity index (χ1n) is 6.23. The first-order chi connectivity index (χ1) is 8.18. The van der Waals surface area contributed by atoms with Crippen LogP contribution < -0.4 is 11.1 Å². The van der Waals surface area contributed by atoms with Gasteiger partial charge in [0.2, 0.25) is 5.91 Å². The van der Waals surface area contributed by atoms with Gasteiger partial charge in [-0.2, -0.15) is 5.10 Å². The molecule has 0 aliphatic heterocycles. The van der Waals surface area contributed by atoms with Crippen molar-refractivity contribution in [3.05, 3.63) is 18.5 Å². The van der Waals surface area contributed by atoms with Crippen molar-refractivity contribution in [2.75, 3.05) is 0 Å². The first-order valence-corrected chi connectivity index (χ1v) is 6.23. The lowest BCUT2D eigenvalue weighted by Gasteiger charge is -2.32. The molecule has 0 bridgehead atoms. The maximum Gasteiger partial charge on any atom is 0.236 e. The Kier molecular flexibility index (Phi) is 5.62. The molecule has 1 aromatic heterocycles. The molecule has 3 N–H and O–H groups in total. The van der Waals surface area contributed by atoms with E-state index in [0.29, 0.717) is 0 Å². The van der Waals surface area contributed by atoms with Crippen LogP contribution in [0, 0.1) is 0 Å². The third-order valence-corrected chi connectivity index (χ3v) is 3.34. The van der Waals surface area contributed by atoms with E-state index in [1.165, 1.54) is 6.42 Å². The summed E-state index contributed by atoms with van der Waals surface area (Å²) in [6, 6.07) is 1.89. The molecule has 18 heavy (non-hydrogen) atoms. The SMILES string of the molecule is C[C@@H](N)C(=O)NC1CCCCC1n1cccn1.Cl. The standard InChI is InChI=1S/C12H20N4O.ClH/c1-9(13)12(17)15-10-5-2-3-6-11(10)16-8-4-7-14-16;/h4,7-11H,2-3,5-6,13H2,1H3,(H,15,17);1H/t9-,10?,11?;/m1./s1. The third kappa shape index (κ3) is 3.46. The van der Waals surface area contributed by atoms with E-state index < -0.39 is 6.04 Å². The van der Waals surface area contributed by atoms with Gasteiger partial charge in [0.1, 0.15) is 0 Å². The molecule has 0 spiro atoms. The summed E-state index contributed by atoms with van der Waals surface area (Å²) >= 11 is 0. The molecule has 1 saturated carbocycles. The summed E-state index contributed by atoms with van der Waals surface area (Å²) < 4.78 is 1.95. The number of nitrogens with two attached hydrogens (primary N) is 1. The van der Waals surface area contributed by atoms with Crippen molar-refractivity contribution >= 4 is 18.3 Å². The second kappa shape index (κ2) is 6.75. The Hall–Kier alpha value is -1.07. The molecule has 1 amide bonds. The normalized spacial score (nSPS) is 25.0. The van der Waals surface area contributed by atoms with Crippen LogP contribution in [0.4, 0.5) is 0 Å². The zero-order valence-electron chi connectivity index (χ0n) is 10.6. The number of hydrogen-bond acceptors (Lipinski definition) is 3. The van der Waals surface area contributed by atoms with Crippen molar-refractivity contribution in [1.29, 1.82) is 0 Å². The minimum atomic E-state index is -0.449. The average molecular weight is 273 g/mol. The highest BCUT2D eigenvalue weighted by molar-refractivity contribution is 5.85. The Morgan fingerprint density at radius 3 is 2.83 bits per heavy atom. The zero-order chi connectivity index (χ0) is 12.3. The summed E-state index contributed by atoms with van der Waals surface area (Å²) in [5.41, 5.74) is 5.58. The number of nitrogens with zero attached hydrogens (tertiary/aromatic N) is 2. The van der Waals surface area contributed by atoms with E-state index >= 15 is 0 Å². The van der Waals surface area contributed by atoms with Crippen molar-refractivity contribution in [2.24, 2.45) is 5.73 Å². The van der Waals surface area contributed by atoms with Gasteiger partial charge in [-0.3, -0.25) is 9.48 Å². The van der Waals surface area contributed by atoms with E-state index in [2.05, 4.69) is 10.4 Å². The Bertz CT molecular complexity index is 366. The summed E-state index contributed by atoms with van der Waals surface area (Å²) in [5, 5.41) is 7.31. The van der Waals surface area contributed by atoms with Gasteiger partial charge in [0.15, 0.2) is 0 Å². The Balaban J connectivity index is 0.00000162. The van der Waals surface area contributed by atoms with E-state index in [-0.39, 0.29) is 30.4 Å². The van der Waals surface area contributed by atoms with E-state index in [4.69, 9.17) is 5.73 Å². The highest BCUT2D eigenvalue weighted by atomic mass is 35.5. The van der Waals surface area contributed by atoms with Crippen LogP contribution in [-0.2, 0) is 4.79 Å². The number of aromatic nitrogens is 2. The fourth-order valence-corrected chi connectivity index (χ4v) is 2.39. The summed E-state index contributed by atoms with van der Waals surface area (Å²) in [7, 11) is 0. The van der Waals surface area contributed by atoms with E-state index in [0.717, 1.165) is 19.3 Å². The quantitative estimate of drug-likeness (QED) is 0.870. The van der Waals surface area contributed by atoms with Gasteiger partial charge in [-0.15, -0.1) is 12.4 Å². The molecule has 5 nitrogen and oxygen atoms in total. The molecule has 1 aliphatic rings. The predicted molar refractivity (Wildman–Crippen MR) is 72.6 cm³/mol. The lowest BCUT2D eigenvalue weighted by atomic mass is 9.90. The molecule has 2 rings (SSSR count). The number of hydrogen-bond donors (Lipinski definition) is 2. The maximum absolute atomic E-state index is 11.7. The van der Waals surface area contributed by atoms with Gasteiger partial charge < -0.3 is 11.1 Å². The van der Waals surface area contributed by atoms with Crippen LogP contribution in [0.25, 0.3) is 0 Å². The minimum Gasteiger partial charge on any atom is -0.350 e. The lowest BCUT2D eigenvalue weighted by Crippen LogP contribution is -2.48. The molecule has 0 radical (unpaired) electrons. The molecule has 3 atom stereocenters. The number of carbonyl (C=O) groups excluding carboxylic acids is 1. The van der Waals surface area contributed by atoms with Crippen LogP contribution >= 0.6 is 12.4 Å². The van der Waals surface area contributed by atoms with Crippen molar-refractivity contribution in [2.45, 2.75) is 50.7 Å². The molecule has 1 fully saturated rings. The highest BCUT2D eigenvalue weighted by Gasteiger charge is 2.28. The molecule has 2 unspecified atom stereocenters. The molecule has 1 aromatic rings. The summed E-state index contributed by atoms with van der Waals surface area (Å²) in [6.45, 7) is 1.71. The Morgan fingerprint density at radius 2 is 2.22 bits per heavy atom. The van der Waals surface area contributed by atoms with Crippen LogP contribution in [0.15, 0.2) is 18.5 Å². The van der Waals surface area contributed by atoms with Crippen LogP contribution in [-0.4, -0.2) is 27.8 Å². The van der Waals surface area contributed by atoms with Crippen molar-refractivity contribution in [3.8, 4) is 0 Å². The van der Waals surface area contributed by atoms with Crippen molar-refractivity contribution in [3.63, 3.8) is 0 Å². The van der Waals surface area contributed by atoms with Gasteiger partial charge >= 0.3 is 0 Å². The number of amides is 1. The number of halogens is 1. The molecule has 1 heterocycles. The second-order valence-electron chi connectivity index (χ2n) is 4.74. The smallest absolute Gasteiger partial charge is 0.236 e. The molecular weight excluding hydrogens is 252 g/mol. The van der Waals surface area contributed by atoms with E-state index in [9.17, 15) is 4.79 Å². The van der Waals surface area contributed by atoms with Crippen LogP contribution in [0.1, 0.15) is 38.6 Å². The molecular formula is C12H21ClN4O. The van der Waals surface area contributed by atoms with Gasteiger partial charge in [-0.05, 0) is 25.8 Å². The molecule has 102 valence electrons. The van der Waals surface area contributed by atoms with E-state index in [1.807, 2.05) is 16.9 Å². The Morgan fingerprint density at radius 1 is 1.50 bits per heavy atom. The minimum absolute atomic E-state index is 0. The molecule has 0 saturated heterocycles. The summed E-state index contributed by atoms with van der Waals surface area (Å²) in [5.74, 6) is -0.0749. The van der Waals surface area contributed by atoms with Gasteiger partial charge in [0, 0.05) is 12.4 Å². The fraction of sp³-hybridized carbons (Fsp3) is 0.667. The number of carbonyl (C=O) groups is 1. The van der Waals surface area contributed by atoms with Gasteiger partial charge in [-0.25, -0.2) is 0 Å². The fourth-order valence-electron chi connectivity index (χ4n) is 2.39. The largest absolute Gasteiger partial charge is 0.350 e. The molecule has 1 aliphatic carbocycles. The van der Waals surface area contributed by atoms with Crippen LogP contribution in [0.2, 0.25) is 0 Å². The third-order valence-electron chi connectivity index (χ3n) is 3.34. The topological polar surface area (TPSA) is 72.9 Å². The monoisotopic (exact) mass is 272 g/mol. The summed E-state index contributed by atoms with van der Waals surface area (Å²) in [6.07, 6.45) is 8.14. The van der Waals surface area contributed by atoms with Crippen LogP contribution in [0.5, 0.6) is 0 Å². The maximum atomic E-state index is 11.7. The van der Waals surface area contributed by atoms with Gasteiger partial charge in [0.05, 0.1) is 18.1 Å². The lowest BCUT2D eigenvalue weighted by molar-refractivity contribution is -0.123. The predicted octanol–water partition coefficient (Wildman–Crippen LogP) is 1.25. The highest BCUT2D eigenvalue weighted by Crippen LogP contribution is 2.27. The summed E-state index contributed by atoms with van der Waals surface area (Å²) in [4.78, 5) is 11.7. The van der Waals surface area contributed by atoms with Gasteiger partial charge in [0.25, 0.3) is 0 Å². The first kappa shape index (κ1) is 15.0. The van der Waals surface area contributed by atoms with Crippen molar-refractivity contribution < 1.29 is 4.79 Å². The molecule has 6 heteroatoms. The zero-order valence-corrected chi connectivity index (χ0v) is 11.4. The average Bonchev–Trinajstić information content (AvgIpc) is 2.83.